The summed E-state index contributed by atoms with van der Waals surface area (Å²) < 4.78 is 26.0. The van der Waals surface area contributed by atoms with Crippen molar-refractivity contribution in [2.45, 2.75) is 59.0 Å². The van der Waals surface area contributed by atoms with Crippen LogP contribution in [0.5, 0.6) is 0 Å². The number of benzene rings is 2. The lowest BCUT2D eigenvalue weighted by Crippen LogP contribution is -2.49. The third-order valence-electron chi connectivity index (χ3n) is 5.73. The topological polar surface area (TPSA) is 86.8 Å². The normalized spacial score (nSPS) is 12.1. The lowest BCUT2D eigenvalue weighted by Gasteiger charge is -2.31. The van der Waals surface area contributed by atoms with Gasteiger partial charge in [0, 0.05) is 26.1 Å². The average molecular weight is 488 g/mol. The number of sulfonamides is 1. The molecule has 8 heteroatoms. The number of carbonyl (C=O) groups is 2. The SMILES string of the molecule is CCCNC(=O)[C@@H](CC)N(Cc1ccccc1C)C(=O)CCCN(c1ccccc1)S(C)(=O)=O. The minimum absolute atomic E-state index is 0.141. The van der Waals surface area contributed by atoms with Gasteiger partial charge in [0.2, 0.25) is 21.8 Å². The molecule has 0 unspecified atom stereocenters. The fourth-order valence-corrected chi connectivity index (χ4v) is 4.82. The van der Waals surface area contributed by atoms with E-state index < -0.39 is 16.1 Å². The third-order valence-corrected chi connectivity index (χ3v) is 6.93. The summed E-state index contributed by atoms with van der Waals surface area (Å²) in [6.07, 6.45) is 2.96. The van der Waals surface area contributed by atoms with Crippen LogP contribution in [-0.2, 0) is 26.2 Å². The minimum atomic E-state index is -3.49. The maximum atomic E-state index is 13.4. The Bertz CT molecular complexity index is 1040. The van der Waals surface area contributed by atoms with Gasteiger partial charge in [-0.1, -0.05) is 56.3 Å². The van der Waals surface area contributed by atoms with Crippen molar-refractivity contribution in [2.24, 2.45) is 0 Å². The maximum Gasteiger partial charge on any atom is 0.242 e. The predicted octanol–water partition coefficient (Wildman–Crippen LogP) is 3.87. The zero-order valence-corrected chi connectivity index (χ0v) is 21.5. The molecule has 0 radical (unpaired) electrons. The van der Waals surface area contributed by atoms with Crippen LogP contribution in [0.3, 0.4) is 0 Å². The number of amides is 2. The van der Waals surface area contributed by atoms with E-state index in [0.717, 1.165) is 23.8 Å². The molecule has 0 spiro atoms. The highest BCUT2D eigenvalue weighted by molar-refractivity contribution is 7.92. The van der Waals surface area contributed by atoms with E-state index in [1.54, 1.807) is 29.2 Å². The molecule has 2 aromatic carbocycles. The standard InChI is InChI=1S/C26H37N3O4S/c1-5-18-27-26(31)24(6-2)28(20-22-14-11-10-13-21(22)3)25(30)17-12-19-29(34(4,32)33)23-15-8-7-9-16-23/h7-11,13-16,24H,5-6,12,17-20H2,1-4H3,(H,27,31)/t24-/m1/s1. The number of para-hydroxylation sites is 1. The summed E-state index contributed by atoms with van der Waals surface area (Å²) >= 11 is 0. The molecule has 0 saturated carbocycles. The van der Waals surface area contributed by atoms with Gasteiger partial charge in [-0.05, 0) is 49.4 Å². The van der Waals surface area contributed by atoms with Gasteiger partial charge in [0.25, 0.3) is 0 Å². The van der Waals surface area contributed by atoms with E-state index >= 15 is 0 Å². The second kappa shape index (κ2) is 13.1. The highest BCUT2D eigenvalue weighted by atomic mass is 32.2. The largest absolute Gasteiger partial charge is 0.354 e. The van der Waals surface area contributed by atoms with E-state index in [-0.39, 0.29) is 24.8 Å². The molecule has 186 valence electrons. The first kappa shape index (κ1) is 27.4. The molecule has 0 aliphatic rings. The first-order valence-electron chi connectivity index (χ1n) is 11.8. The molecule has 0 saturated heterocycles. The van der Waals surface area contributed by atoms with Crippen molar-refractivity contribution in [3.8, 4) is 0 Å². The Morgan fingerprint density at radius 3 is 2.24 bits per heavy atom. The number of hydrogen-bond donors (Lipinski definition) is 1. The molecule has 7 nitrogen and oxygen atoms in total. The summed E-state index contributed by atoms with van der Waals surface area (Å²) in [7, 11) is -3.49. The Morgan fingerprint density at radius 2 is 1.65 bits per heavy atom. The molecule has 2 aromatic rings. The molecule has 0 fully saturated rings. The van der Waals surface area contributed by atoms with Gasteiger partial charge in [-0.15, -0.1) is 0 Å². The first-order chi connectivity index (χ1) is 16.2. The van der Waals surface area contributed by atoms with E-state index in [1.807, 2.05) is 51.1 Å². The molecule has 0 aliphatic carbocycles. The molecule has 0 heterocycles. The van der Waals surface area contributed by atoms with E-state index in [2.05, 4.69) is 5.32 Å². The Labute approximate surface area is 204 Å². The van der Waals surface area contributed by atoms with E-state index in [4.69, 9.17) is 0 Å². The zero-order chi connectivity index (χ0) is 25.1. The summed E-state index contributed by atoms with van der Waals surface area (Å²) in [5.41, 5.74) is 2.61. The Hall–Kier alpha value is -2.87. The zero-order valence-electron chi connectivity index (χ0n) is 20.7. The van der Waals surface area contributed by atoms with E-state index in [9.17, 15) is 18.0 Å². The van der Waals surface area contributed by atoms with Crippen molar-refractivity contribution in [2.75, 3.05) is 23.7 Å². The van der Waals surface area contributed by atoms with Crippen molar-refractivity contribution < 1.29 is 18.0 Å². The second-order valence-electron chi connectivity index (χ2n) is 8.44. The first-order valence-corrected chi connectivity index (χ1v) is 13.7. The molecule has 2 amide bonds. The Balaban J connectivity index is 2.19. The Kier molecular flexibility index (Phi) is 10.6. The number of nitrogens with zero attached hydrogens (tertiary/aromatic N) is 2. The van der Waals surface area contributed by atoms with Gasteiger partial charge < -0.3 is 10.2 Å². The summed E-state index contributed by atoms with van der Waals surface area (Å²) in [6, 6.07) is 16.1. The number of rotatable bonds is 13. The average Bonchev–Trinajstić information content (AvgIpc) is 2.81. The lowest BCUT2D eigenvalue weighted by atomic mass is 10.1. The molecule has 0 aliphatic heterocycles. The molecule has 0 bridgehead atoms. The maximum absolute atomic E-state index is 13.4. The second-order valence-corrected chi connectivity index (χ2v) is 10.3. The van der Waals surface area contributed by atoms with Crippen LogP contribution in [0.2, 0.25) is 0 Å². The van der Waals surface area contributed by atoms with Crippen LogP contribution in [0.1, 0.15) is 50.7 Å². The quantitative estimate of drug-likeness (QED) is 0.465. The molecule has 0 aromatic heterocycles. The summed E-state index contributed by atoms with van der Waals surface area (Å²) in [5, 5.41) is 2.91. The van der Waals surface area contributed by atoms with Gasteiger partial charge >= 0.3 is 0 Å². The summed E-state index contributed by atoms with van der Waals surface area (Å²) in [4.78, 5) is 27.9. The Morgan fingerprint density at radius 1 is 1.00 bits per heavy atom. The van der Waals surface area contributed by atoms with E-state index in [0.29, 0.717) is 31.6 Å². The fourth-order valence-electron chi connectivity index (χ4n) is 3.85. The molecular weight excluding hydrogens is 450 g/mol. The van der Waals surface area contributed by atoms with Crippen LogP contribution in [0.25, 0.3) is 0 Å². The van der Waals surface area contributed by atoms with Crippen LogP contribution >= 0.6 is 0 Å². The van der Waals surface area contributed by atoms with Crippen molar-refractivity contribution in [3.05, 3.63) is 65.7 Å². The van der Waals surface area contributed by atoms with Crippen LogP contribution in [0.15, 0.2) is 54.6 Å². The van der Waals surface area contributed by atoms with Gasteiger partial charge in [0.05, 0.1) is 11.9 Å². The number of nitrogens with one attached hydrogen (secondary N) is 1. The van der Waals surface area contributed by atoms with Crippen LogP contribution in [0.4, 0.5) is 5.69 Å². The van der Waals surface area contributed by atoms with Gasteiger partial charge in [-0.3, -0.25) is 13.9 Å². The number of anilines is 1. The molecule has 2 rings (SSSR count). The minimum Gasteiger partial charge on any atom is -0.354 e. The highest BCUT2D eigenvalue weighted by Crippen LogP contribution is 2.20. The number of hydrogen-bond acceptors (Lipinski definition) is 4. The fraction of sp³-hybridized carbons (Fsp3) is 0.462. The van der Waals surface area contributed by atoms with Crippen molar-refractivity contribution in [1.29, 1.82) is 0 Å². The predicted molar refractivity (Wildman–Crippen MR) is 137 cm³/mol. The molecule has 1 atom stereocenters. The molecule has 34 heavy (non-hydrogen) atoms. The summed E-state index contributed by atoms with van der Waals surface area (Å²) in [6.45, 7) is 6.94. The van der Waals surface area contributed by atoms with Crippen molar-refractivity contribution in [3.63, 3.8) is 0 Å². The monoisotopic (exact) mass is 487 g/mol. The molecule has 1 N–H and O–H groups in total. The van der Waals surface area contributed by atoms with Gasteiger partial charge in [-0.25, -0.2) is 8.42 Å². The van der Waals surface area contributed by atoms with Crippen LogP contribution < -0.4 is 9.62 Å². The lowest BCUT2D eigenvalue weighted by molar-refractivity contribution is -0.141. The third kappa shape index (κ3) is 7.87. The van der Waals surface area contributed by atoms with Crippen LogP contribution in [0, 0.1) is 6.92 Å². The van der Waals surface area contributed by atoms with Gasteiger partial charge in [-0.2, -0.15) is 0 Å². The number of aryl methyl sites for hydroxylation is 1. The number of carbonyl (C=O) groups excluding carboxylic acids is 2. The summed E-state index contributed by atoms with van der Waals surface area (Å²) in [5.74, 6) is -0.323. The van der Waals surface area contributed by atoms with Gasteiger partial charge in [0.15, 0.2) is 0 Å². The van der Waals surface area contributed by atoms with Crippen molar-refractivity contribution >= 4 is 27.5 Å². The van der Waals surface area contributed by atoms with Crippen molar-refractivity contribution in [1.82, 2.24) is 10.2 Å². The van der Waals surface area contributed by atoms with Gasteiger partial charge in [0.1, 0.15) is 6.04 Å². The highest BCUT2D eigenvalue weighted by Gasteiger charge is 2.29. The molecular formula is C26H37N3O4S. The van der Waals surface area contributed by atoms with Crippen LogP contribution in [-0.4, -0.2) is 50.5 Å². The smallest absolute Gasteiger partial charge is 0.242 e. The van der Waals surface area contributed by atoms with E-state index in [1.165, 1.54) is 4.31 Å².